The first-order chi connectivity index (χ1) is 10.1. The maximum Gasteiger partial charge on any atom is 0.220 e. The number of carbonyl (C=O) groups excluding carboxylic acids is 1. The molecule has 3 rings (SSSR count). The Morgan fingerprint density at radius 3 is 3.00 bits per heavy atom. The summed E-state index contributed by atoms with van der Waals surface area (Å²) in [4.78, 5) is 11.8. The number of fused-ring (bicyclic) bond motifs is 1. The van der Waals surface area contributed by atoms with Crippen molar-refractivity contribution in [3.8, 4) is 5.75 Å². The Kier molecular flexibility index (Phi) is 3.89. The van der Waals surface area contributed by atoms with Crippen molar-refractivity contribution >= 4 is 5.91 Å². The predicted molar refractivity (Wildman–Crippen MR) is 80.2 cm³/mol. The van der Waals surface area contributed by atoms with Crippen molar-refractivity contribution in [1.29, 1.82) is 0 Å². The van der Waals surface area contributed by atoms with Crippen LogP contribution < -0.4 is 10.1 Å². The van der Waals surface area contributed by atoms with Crippen LogP contribution in [0.1, 0.15) is 43.2 Å². The smallest absolute Gasteiger partial charge is 0.220 e. The van der Waals surface area contributed by atoms with E-state index in [1.807, 2.05) is 18.2 Å². The van der Waals surface area contributed by atoms with Crippen LogP contribution in [0.3, 0.4) is 0 Å². The van der Waals surface area contributed by atoms with Crippen molar-refractivity contribution in [3.63, 3.8) is 0 Å². The molecular weight excluding hydrogens is 266 g/mol. The topological polar surface area (TPSA) is 58.6 Å². The minimum Gasteiger partial charge on any atom is -0.497 e. The van der Waals surface area contributed by atoms with Gasteiger partial charge in [0.25, 0.3) is 0 Å². The zero-order valence-corrected chi connectivity index (χ0v) is 12.5. The van der Waals surface area contributed by atoms with Crippen LogP contribution in [0.4, 0.5) is 0 Å². The van der Waals surface area contributed by atoms with Crippen LogP contribution in [0.2, 0.25) is 0 Å². The number of nitrogens with one attached hydrogen (secondary N) is 1. The SMILES string of the molecule is COc1ccc2c(c1)CCC[C@@]2(O)CNC(=O)CC1CC1. The fourth-order valence-corrected chi connectivity index (χ4v) is 3.15. The van der Waals surface area contributed by atoms with Crippen molar-refractivity contribution in [3.05, 3.63) is 29.3 Å². The molecule has 1 amide bonds. The second-order valence-electron chi connectivity index (χ2n) is 6.33. The maximum atomic E-state index is 11.8. The Labute approximate surface area is 125 Å². The van der Waals surface area contributed by atoms with Crippen molar-refractivity contribution in [2.75, 3.05) is 13.7 Å². The second kappa shape index (κ2) is 5.68. The van der Waals surface area contributed by atoms with Crippen LogP contribution in [-0.4, -0.2) is 24.7 Å². The largest absolute Gasteiger partial charge is 0.497 e. The average Bonchev–Trinajstić information content (AvgIpc) is 3.29. The van der Waals surface area contributed by atoms with E-state index in [4.69, 9.17) is 4.74 Å². The number of rotatable bonds is 5. The molecule has 0 heterocycles. The summed E-state index contributed by atoms with van der Waals surface area (Å²) in [5.41, 5.74) is 1.11. The van der Waals surface area contributed by atoms with Gasteiger partial charge in [0, 0.05) is 6.42 Å². The Hall–Kier alpha value is -1.55. The van der Waals surface area contributed by atoms with Crippen LogP contribution in [0.5, 0.6) is 5.75 Å². The molecule has 21 heavy (non-hydrogen) atoms. The highest BCUT2D eigenvalue weighted by atomic mass is 16.5. The van der Waals surface area contributed by atoms with Gasteiger partial charge in [-0.05, 0) is 61.3 Å². The lowest BCUT2D eigenvalue weighted by Crippen LogP contribution is -2.43. The molecule has 4 nitrogen and oxygen atoms in total. The van der Waals surface area contributed by atoms with E-state index in [1.54, 1.807) is 7.11 Å². The molecule has 1 fully saturated rings. The third kappa shape index (κ3) is 3.21. The van der Waals surface area contributed by atoms with Crippen LogP contribution in [-0.2, 0) is 16.8 Å². The first kappa shape index (κ1) is 14.4. The van der Waals surface area contributed by atoms with Gasteiger partial charge >= 0.3 is 0 Å². The van der Waals surface area contributed by atoms with Crippen molar-refractivity contribution in [2.24, 2.45) is 5.92 Å². The summed E-state index contributed by atoms with van der Waals surface area (Å²) in [6.45, 7) is 0.303. The van der Waals surface area contributed by atoms with Gasteiger partial charge in [0.15, 0.2) is 0 Å². The van der Waals surface area contributed by atoms with Crippen molar-refractivity contribution < 1.29 is 14.6 Å². The van der Waals surface area contributed by atoms with E-state index in [0.29, 0.717) is 25.3 Å². The molecule has 1 aromatic rings. The van der Waals surface area contributed by atoms with Gasteiger partial charge in [0.05, 0.1) is 13.7 Å². The molecular formula is C17H23NO3. The first-order valence-corrected chi connectivity index (χ1v) is 7.77. The normalized spacial score (nSPS) is 24.3. The highest BCUT2D eigenvalue weighted by Gasteiger charge is 2.35. The summed E-state index contributed by atoms with van der Waals surface area (Å²) >= 11 is 0. The monoisotopic (exact) mass is 289 g/mol. The fourth-order valence-electron chi connectivity index (χ4n) is 3.15. The zero-order valence-electron chi connectivity index (χ0n) is 12.5. The van der Waals surface area contributed by atoms with Crippen molar-refractivity contribution in [2.45, 2.75) is 44.1 Å². The lowest BCUT2D eigenvalue weighted by atomic mass is 9.79. The molecule has 0 radical (unpaired) electrons. The third-order valence-electron chi connectivity index (χ3n) is 4.60. The van der Waals surface area contributed by atoms with Gasteiger partial charge in [0.2, 0.25) is 5.91 Å². The highest BCUT2D eigenvalue weighted by molar-refractivity contribution is 5.76. The van der Waals surface area contributed by atoms with E-state index in [0.717, 1.165) is 29.7 Å². The van der Waals surface area contributed by atoms with Crippen LogP contribution in [0, 0.1) is 5.92 Å². The third-order valence-corrected chi connectivity index (χ3v) is 4.60. The van der Waals surface area contributed by atoms with Crippen LogP contribution in [0.25, 0.3) is 0 Å². The number of benzene rings is 1. The number of hydrogen-bond acceptors (Lipinski definition) is 3. The Balaban J connectivity index is 1.70. The Morgan fingerprint density at radius 2 is 2.29 bits per heavy atom. The molecule has 0 aromatic heterocycles. The molecule has 0 bridgehead atoms. The van der Waals surface area contributed by atoms with Crippen LogP contribution in [0.15, 0.2) is 18.2 Å². The molecule has 0 aliphatic heterocycles. The van der Waals surface area contributed by atoms with Gasteiger partial charge in [-0.3, -0.25) is 4.79 Å². The van der Waals surface area contributed by atoms with Gasteiger partial charge in [-0.2, -0.15) is 0 Å². The standard InChI is InChI=1S/C17H23NO3/c1-21-14-6-7-15-13(10-14)3-2-8-17(15,20)11-18-16(19)9-12-4-5-12/h6-7,10,12,20H,2-5,8-9,11H2,1H3,(H,18,19)/t17-/m1/s1. The molecule has 1 atom stereocenters. The molecule has 0 spiro atoms. The van der Waals surface area contributed by atoms with E-state index < -0.39 is 5.60 Å². The minimum atomic E-state index is -0.945. The number of hydrogen-bond donors (Lipinski definition) is 2. The quantitative estimate of drug-likeness (QED) is 0.873. The number of aryl methyl sites for hydroxylation is 1. The number of ether oxygens (including phenoxy) is 1. The molecule has 2 N–H and O–H groups in total. The average molecular weight is 289 g/mol. The minimum absolute atomic E-state index is 0.0616. The molecule has 114 valence electrons. The number of carbonyl (C=O) groups is 1. The first-order valence-electron chi connectivity index (χ1n) is 7.77. The van der Waals surface area contributed by atoms with Crippen LogP contribution >= 0.6 is 0 Å². The van der Waals surface area contributed by atoms with Crippen molar-refractivity contribution in [1.82, 2.24) is 5.32 Å². The summed E-state index contributed by atoms with van der Waals surface area (Å²) in [5, 5.41) is 13.8. The molecule has 4 heteroatoms. The highest BCUT2D eigenvalue weighted by Crippen LogP contribution is 2.37. The Bertz CT molecular complexity index is 539. The molecule has 0 saturated heterocycles. The van der Waals surface area contributed by atoms with E-state index in [9.17, 15) is 9.90 Å². The van der Waals surface area contributed by atoms with E-state index in [2.05, 4.69) is 5.32 Å². The lowest BCUT2D eigenvalue weighted by molar-refractivity contribution is -0.123. The summed E-state index contributed by atoms with van der Waals surface area (Å²) in [7, 11) is 1.65. The molecule has 2 aliphatic rings. The molecule has 1 aromatic carbocycles. The summed E-state index contributed by atoms with van der Waals surface area (Å²) < 4.78 is 5.25. The Morgan fingerprint density at radius 1 is 1.48 bits per heavy atom. The zero-order chi connectivity index (χ0) is 14.9. The number of aliphatic hydroxyl groups is 1. The van der Waals surface area contributed by atoms with Gasteiger partial charge in [0.1, 0.15) is 11.4 Å². The molecule has 2 aliphatic carbocycles. The summed E-state index contributed by atoms with van der Waals surface area (Å²) in [6.07, 6.45) is 5.50. The van der Waals surface area contributed by atoms with E-state index in [-0.39, 0.29) is 5.91 Å². The summed E-state index contributed by atoms with van der Waals surface area (Å²) in [6, 6.07) is 5.80. The van der Waals surface area contributed by atoms with Gasteiger partial charge in [-0.1, -0.05) is 6.07 Å². The number of amides is 1. The van der Waals surface area contributed by atoms with Gasteiger partial charge in [-0.15, -0.1) is 0 Å². The maximum absolute atomic E-state index is 11.8. The van der Waals surface area contributed by atoms with Gasteiger partial charge < -0.3 is 15.2 Å². The van der Waals surface area contributed by atoms with E-state index in [1.165, 1.54) is 12.8 Å². The number of methoxy groups -OCH3 is 1. The summed E-state index contributed by atoms with van der Waals surface area (Å²) in [5.74, 6) is 1.45. The second-order valence-corrected chi connectivity index (χ2v) is 6.33. The predicted octanol–water partition coefficient (Wildman–Crippen LogP) is 2.14. The lowest BCUT2D eigenvalue weighted by Gasteiger charge is -2.35. The fraction of sp³-hybridized carbons (Fsp3) is 0.588. The molecule has 1 saturated carbocycles. The molecule has 0 unspecified atom stereocenters. The van der Waals surface area contributed by atoms with Gasteiger partial charge in [-0.25, -0.2) is 0 Å². The van der Waals surface area contributed by atoms with E-state index >= 15 is 0 Å².